The van der Waals surface area contributed by atoms with Gasteiger partial charge in [-0.3, -0.25) is 0 Å². The third kappa shape index (κ3) is 7.13. The second kappa shape index (κ2) is 11.8. The number of anilines is 1. The van der Waals surface area contributed by atoms with Crippen molar-refractivity contribution in [3.63, 3.8) is 0 Å². The van der Waals surface area contributed by atoms with E-state index >= 15 is 0 Å². The van der Waals surface area contributed by atoms with Crippen LogP contribution in [0.25, 0.3) is 21.8 Å². The quantitative estimate of drug-likeness (QED) is 0.268. The van der Waals surface area contributed by atoms with Gasteiger partial charge in [0.1, 0.15) is 0 Å². The van der Waals surface area contributed by atoms with E-state index in [4.69, 9.17) is 0 Å². The lowest BCUT2D eigenvalue weighted by atomic mass is 10.1. The Morgan fingerprint density at radius 3 is 2.12 bits per heavy atom. The molecule has 0 radical (unpaired) electrons. The van der Waals surface area contributed by atoms with Crippen LogP contribution in [0.1, 0.15) is 25.8 Å². The molecule has 0 amide bonds. The maximum absolute atomic E-state index is 3.30. The first-order chi connectivity index (χ1) is 15.2. The van der Waals surface area contributed by atoms with Crippen molar-refractivity contribution in [2.45, 2.75) is 33.4 Å². The minimum absolute atomic E-state index is 0. The molecule has 33 heavy (non-hydrogen) atoms. The summed E-state index contributed by atoms with van der Waals surface area (Å²) in [4.78, 5) is 4.47. The Hall–Kier alpha value is -2.21. The van der Waals surface area contributed by atoms with Crippen molar-refractivity contribution < 1.29 is 9.05 Å². The Kier molecular flexibility index (Phi) is 9.65. The number of hydrogen-bond donors (Lipinski definition) is 1. The number of pyridine rings is 1. The molecule has 1 aromatic heterocycles. The standard InChI is InChI=1S/C27H43N5.CH4/c1-28-21-22-10-11-23-19-24-12-13-25(30(4)5)20-27(24)31(26(23)18-22)15-9-17-32(6,7)16-8-14-29(2)3;/h10-13,18-20,28H,8-9,14-17,21H2,1-7H3;1H4/q+2;. The monoisotopic (exact) mass is 453 g/mol. The van der Waals surface area contributed by atoms with Crippen LogP contribution in [0.5, 0.6) is 0 Å². The van der Waals surface area contributed by atoms with E-state index in [1.807, 2.05) is 7.05 Å². The smallest absolute Gasteiger partial charge is 0.215 e. The van der Waals surface area contributed by atoms with E-state index in [9.17, 15) is 0 Å². The van der Waals surface area contributed by atoms with E-state index in [-0.39, 0.29) is 7.43 Å². The normalized spacial score (nSPS) is 11.9. The number of benzene rings is 2. The Morgan fingerprint density at radius 2 is 1.48 bits per heavy atom. The molecule has 3 aromatic rings. The molecule has 5 nitrogen and oxygen atoms in total. The van der Waals surface area contributed by atoms with E-state index in [0.29, 0.717) is 0 Å². The summed E-state index contributed by atoms with van der Waals surface area (Å²) in [6.45, 7) is 5.48. The van der Waals surface area contributed by atoms with Crippen molar-refractivity contribution in [3.05, 3.63) is 48.0 Å². The van der Waals surface area contributed by atoms with Gasteiger partial charge in [-0.25, -0.2) is 0 Å². The lowest BCUT2D eigenvalue weighted by molar-refractivity contribution is -0.892. The molecular weight excluding hydrogens is 406 g/mol. The summed E-state index contributed by atoms with van der Waals surface area (Å²) >= 11 is 0. The topological polar surface area (TPSA) is 22.4 Å². The van der Waals surface area contributed by atoms with Crippen molar-refractivity contribution in [2.75, 3.05) is 73.9 Å². The van der Waals surface area contributed by atoms with Gasteiger partial charge in [-0.05, 0) is 51.0 Å². The Balaban J connectivity index is 0.00000385. The minimum Gasteiger partial charge on any atom is -0.377 e. The van der Waals surface area contributed by atoms with Crippen LogP contribution in [0, 0.1) is 0 Å². The number of aromatic nitrogens is 1. The summed E-state index contributed by atoms with van der Waals surface area (Å²) in [5, 5.41) is 5.92. The fourth-order valence-corrected chi connectivity index (χ4v) is 4.55. The van der Waals surface area contributed by atoms with Crippen molar-refractivity contribution in [1.29, 1.82) is 0 Å². The highest BCUT2D eigenvalue weighted by molar-refractivity contribution is 5.90. The van der Waals surface area contributed by atoms with Gasteiger partial charge in [-0.1, -0.05) is 13.5 Å². The van der Waals surface area contributed by atoms with Crippen molar-refractivity contribution in [3.8, 4) is 0 Å². The van der Waals surface area contributed by atoms with Crippen LogP contribution < -0.4 is 14.8 Å². The molecule has 0 atom stereocenters. The summed E-state index contributed by atoms with van der Waals surface area (Å²) in [5.74, 6) is 0. The zero-order valence-corrected chi connectivity index (χ0v) is 21.3. The number of nitrogens with one attached hydrogen (secondary N) is 1. The molecule has 0 aliphatic carbocycles. The van der Waals surface area contributed by atoms with E-state index < -0.39 is 0 Å². The Bertz CT molecular complexity index is 1040. The van der Waals surface area contributed by atoms with Crippen LogP contribution in [0.2, 0.25) is 0 Å². The van der Waals surface area contributed by atoms with E-state index in [0.717, 1.165) is 30.5 Å². The highest BCUT2D eigenvalue weighted by atomic mass is 15.3. The van der Waals surface area contributed by atoms with E-state index in [1.54, 1.807) is 0 Å². The third-order valence-corrected chi connectivity index (χ3v) is 6.41. The second-order valence-corrected chi connectivity index (χ2v) is 10.3. The lowest BCUT2D eigenvalue weighted by Crippen LogP contribution is -2.44. The predicted molar refractivity (Wildman–Crippen MR) is 145 cm³/mol. The average molecular weight is 454 g/mol. The molecule has 1 N–H and O–H groups in total. The lowest BCUT2D eigenvalue weighted by Gasteiger charge is -2.30. The molecule has 0 saturated carbocycles. The molecule has 1 heterocycles. The predicted octanol–water partition coefficient (Wildman–Crippen LogP) is 4.12. The van der Waals surface area contributed by atoms with Crippen LogP contribution in [0.15, 0.2) is 42.5 Å². The van der Waals surface area contributed by atoms with Crippen molar-refractivity contribution in [1.82, 2.24) is 10.2 Å². The zero-order valence-electron chi connectivity index (χ0n) is 21.3. The van der Waals surface area contributed by atoms with E-state index in [1.165, 1.54) is 52.6 Å². The molecule has 182 valence electrons. The summed E-state index contributed by atoms with van der Waals surface area (Å²) in [6, 6.07) is 16.1. The van der Waals surface area contributed by atoms with Crippen LogP contribution in [-0.4, -0.2) is 78.4 Å². The first-order valence-corrected chi connectivity index (χ1v) is 11.9. The van der Waals surface area contributed by atoms with Crippen LogP contribution in [0.4, 0.5) is 5.69 Å². The van der Waals surface area contributed by atoms with Crippen LogP contribution >= 0.6 is 0 Å². The number of fused-ring (bicyclic) bond motifs is 2. The molecule has 0 fully saturated rings. The van der Waals surface area contributed by atoms with E-state index in [2.05, 4.69) is 104 Å². The molecular formula is C28H47N5+2. The zero-order chi connectivity index (χ0) is 23.3. The Labute approximate surface area is 202 Å². The molecule has 5 heteroatoms. The summed E-state index contributed by atoms with van der Waals surface area (Å²) in [5.41, 5.74) is 5.23. The first kappa shape index (κ1) is 27.0. The van der Waals surface area contributed by atoms with Gasteiger partial charge < -0.3 is 19.6 Å². The van der Waals surface area contributed by atoms with Crippen LogP contribution in [0.3, 0.4) is 0 Å². The SMILES string of the molecule is C.CNCc1ccc2cc3ccc(N(C)C)cc3[n+](CCC[N+](C)(C)CCCN(C)C)c2c1. The Morgan fingerprint density at radius 1 is 0.848 bits per heavy atom. The summed E-state index contributed by atoms with van der Waals surface area (Å²) < 4.78 is 3.63. The fraction of sp³-hybridized carbons (Fsp3) is 0.536. The molecule has 0 saturated heterocycles. The molecule has 0 aliphatic heterocycles. The van der Waals surface area contributed by atoms with Gasteiger partial charge in [-0.15, -0.1) is 0 Å². The molecule has 0 unspecified atom stereocenters. The second-order valence-electron chi connectivity index (χ2n) is 10.3. The van der Waals surface area contributed by atoms with Gasteiger partial charge in [0.05, 0.1) is 33.6 Å². The highest BCUT2D eigenvalue weighted by Gasteiger charge is 2.20. The molecule has 3 rings (SSSR count). The maximum atomic E-state index is 3.30. The number of aryl methyl sites for hydroxylation is 1. The molecule has 2 aromatic carbocycles. The van der Waals surface area contributed by atoms with Gasteiger partial charge in [0.25, 0.3) is 0 Å². The fourth-order valence-electron chi connectivity index (χ4n) is 4.55. The number of hydrogen-bond acceptors (Lipinski definition) is 3. The largest absolute Gasteiger partial charge is 0.377 e. The number of nitrogens with zero attached hydrogens (tertiary/aromatic N) is 4. The highest BCUT2D eigenvalue weighted by Crippen LogP contribution is 2.24. The maximum Gasteiger partial charge on any atom is 0.215 e. The number of quaternary nitrogens is 1. The number of rotatable bonds is 11. The first-order valence-electron chi connectivity index (χ1n) is 11.9. The van der Waals surface area contributed by atoms with Crippen molar-refractivity contribution in [2.24, 2.45) is 0 Å². The van der Waals surface area contributed by atoms with Gasteiger partial charge >= 0.3 is 0 Å². The summed E-state index contributed by atoms with van der Waals surface area (Å²) in [7, 11) is 15.3. The molecule has 0 aliphatic rings. The minimum atomic E-state index is 0. The summed E-state index contributed by atoms with van der Waals surface area (Å²) in [6.07, 6.45) is 2.40. The van der Waals surface area contributed by atoms with Gasteiger partial charge in [-0.2, -0.15) is 4.57 Å². The third-order valence-electron chi connectivity index (χ3n) is 6.41. The molecule has 0 spiro atoms. The van der Waals surface area contributed by atoms with Crippen molar-refractivity contribution >= 4 is 27.5 Å². The van der Waals surface area contributed by atoms with Gasteiger partial charge in [0, 0.05) is 62.2 Å². The molecule has 0 bridgehead atoms. The van der Waals surface area contributed by atoms with Crippen LogP contribution in [-0.2, 0) is 13.1 Å². The average Bonchev–Trinajstić information content (AvgIpc) is 2.72. The van der Waals surface area contributed by atoms with Gasteiger partial charge in [0.15, 0.2) is 6.54 Å². The van der Waals surface area contributed by atoms with Gasteiger partial charge in [0.2, 0.25) is 11.0 Å².